The molecule has 0 aliphatic rings. The van der Waals surface area contributed by atoms with Crippen molar-refractivity contribution in [2.45, 2.75) is 0 Å². The fourth-order valence-electron chi connectivity index (χ4n) is 1.55. The number of hydrogen-bond acceptors (Lipinski definition) is 2. The minimum atomic E-state index is -0.337. The van der Waals surface area contributed by atoms with E-state index in [4.69, 9.17) is 18.0 Å². The third-order valence-corrected chi connectivity index (χ3v) is 3.10. The van der Waals surface area contributed by atoms with Crippen LogP contribution in [0.1, 0.15) is 5.56 Å². The third kappa shape index (κ3) is 2.86. The molecule has 18 heavy (non-hydrogen) atoms. The van der Waals surface area contributed by atoms with E-state index in [9.17, 15) is 4.39 Å². The van der Waals surface area contributed by atoms with Gasteiger partial charge in [-0.05, 0) is 30.3 Å². The van der Waals surface area contributed by atoms with Gasteiger partial charge in [0.15, 0.2) is 0 Å². The molecule has 0 unspecified atom stereocenters. The van der Waals surface area contributed by atoms with Gasteiger partial charge < -0.3 is 11.1 Å². The van der Waals surface area contributed by atoms with Crippen LogP contribution in [0.4, 0.5) is 15.8 Å². The van der Waals surface area contributed by atoms with Gasteiger partial charge in [0.2, 0.25) is 0 Å². The van der Waals surface area contributed by atoms with Gasteiger partial charge in [-0.3, -0.25) is 0 Å². The molecule has 0 aliphatic carbocycles. The molecular weight excluding hydrogens is 315 g/mol. The van der Waals surface area contributed by atoms with Gasteiger partial charge >= 0.3 is 0 Å². The predicted molar refractivity (Wildman–Crippen MR) is 79.7 cm³/mol. The normalized spacial score (nSPS) is 10.1. The van der Waals surface area contributed by atoms with Crippen LogP contribution in [0, 0.1) is 5.82 Å². The van der Waals surface area contributed by atoms with E-state index in [2.05, 4.69) is 21.2 Å². The molecule has 0 bridgehead atoms. The van der Waals surface area contributed by atoms with E-state index in [0.717, 1.165) is 4.47 Å². The Bertz CT molecular complexity index is 601. The molecule has 0 amide bonds. The van der Waals surface area contributed by atoms with Crippen molar-refractivity contribution in [1.29, 1.82) is 0 Å². The highest BCUT2D eigenvalue weighted by Crippen LogP contribution is 2.25. The molecule has 5 heteroatoms. The second-order valence-electron chi connectivity index (χ2n) is 3.66. The second-order valence-corrected chi connectivity index (χ2v) is 5.01. The van der Waals surface area contributed by atoms with E-state index in [1.165, 1.54) is 6.07 Å². The molecule has 0 spiro atoms. The van der Waals surface area contributed by atoms with Crippen LogP contribution < -0.4 is 11.1 Å². The summed E-state index contributed by atoms with van der Waals surface area (Å²) < 4.78 is 14.4. The molecule has 2 aromatic rings. The summed E-state index contributed by atoms with van der Waals surface area (Å²) in [5.41, 5.74) is 7.36. The number of thiocarbonyl (C=S) groups is 1. The Morgan fingerprint density at radius 1 is 1.17 bits per heavy atom. The Labute approximate surface area is 118 Å². The van der Waals surface area contributed by atoms with E-state index < -0.39 is 0 Å². The molecule has 0 saturated heterocycles. The van der Waals surface area contributed by atoms with Crippen molar-refractivity contribution in [2.24, 2.45) is 5.73 Å². The van der Waals surface area contributed by atoms with E-state index in [1.54, 1.807) is 24.3 Å². The van der Waals surface area contributed by atoms with Crippen molar-refractivity contribution < 1.29 is 4.39 Å². The van der Waals surface area contributed by atoms with Crippen LogP contribution >= 0.6 is 28.1 Å². The monoisotopic (exact) mass is 324 g/mol. The Hall–Kier alpha value is -1.46. The molecular formula is C13H10BrFN2S. The minimum Gasteiger partial charge on any atom is -0.389 e. The topological polar surface area (TPSA) is 38.0 Å². The fourth-order valence-corrected chi connectivity index (χ4v) is 2.08. The number of nitrogens with one attached hydrogen (secondary N) is 1. The van der Waals surface area contributed by atoms with Crippen LogP contribution in [-0.2, 0) is 0 Å². The maximum absolute atomic E-state index is 13.6. The van der Waals surface area contributed by atoms with Gasteiger partial charge in [-0.1, -0.05) is 40.3 Å². The van der Waals surface area contributed by atoms with Gasteiger partial charge in [0, 0.05) is 15.7 Å². The SMILES string of the molecule is NC(=S)c1ccccc1Nc1cc(Br)ccc1F. The Morgan fingerprint density at radius 2 is 1.89 bits per heavy atom. The van der Waals surface area contributed by atoms with Gasteiger partial charge in [-0.15, -0.1) is 0 Å². The van der Waals surface area contributed by atoms with Crippen LogP contribution in [-0.4, -0.2) is 4.99 Å². The summed E-state index contributed by atoms with van der Waals surface area (Å²) in [6.45, 7) is 0. The number of benzene rings is 2. The first-order valence-electron chi connectivity index (χ1n) is 5.19. The molecule has 92 valence electrons. The van der Waals surface area contributed by atoms with Crippen LogP contribution in [0.15, 0.2) is 46.9 Å². The number of para-hydroxylation sites is 1. The maximum atomic E-state index is 13.6. The Kier molecular flexibility index (Phi) is 3.93. The lowest BCUT2D eigenvalue weighted by atomic mass is 10.1. The zero-order valence-corrected chi connectivity index (χ0v) is 11.7. The zero-order valence-electron chi connectivity index (χ0n) is 9.28. The number of anilines is 2. The van der Waals surface area contributed by atoms with Crippen molar-refractivity contribution in [3.05, 3.63) is 58.3 Å². The standard InChI is InChI=1S/C13H10BrFN2S/c14-8-5-6-10(15)12(7-8)17-11-4-2-1-3-9(11)13(16)18/h1-7,17H,(H2,16,18). The molecule has 0 aliphatic heterocycles. The predicted octanol–water partition coefficient (Wildman–Crippen LogP) is 3.97. The van der Waals surface area contributed by atoms with Crippen molar-refractivity contribution >= 4 is 44.5 Å². The summed E-state index contributed by atoms with van der Waals surface area (Å²) in [4.78, 5) is 0.272. The molecule has 0 saturated carbocycles. The molecule has 2 aromatic carbocycles. The third-order valence-electron chi connectivity index (χ3n) is 2.39. The fraction of sp³-hybridized carbons (Fsp3) is 0. The quantitative estimate of drug-likeness (QED) is 0.839. The van der Waals surface area contributed by atoms with Crippen molar-refractivity contribution in [3.63, 3.8) is 0 Å². The Morgan fingerprint density at radius 3 is 2.61 bits per heavy atom. The van der Waals surface area contributed by atoms with Crippen molar-refractivity contribution in [3.8, 4) is 0 Å². The van der Waals surface area contributed by atoms with Crippen LogP contribution in [0.5, 0.6) is 0 Å². The molecule has 0 heterocycles. The van der Waals surface area contributed by atoms with E-state index in [-0.39, 0.29) is 10.8 Å². The molecule has 0 fully saturated rings. The molecule has 0 aromatic heterocycles. The van der Waals surface area contributed by atoms with Gasteiger partial charge in [0.1, 0.15) is 10.8 Å². The summed E-state index contributed by atoms with van der Waals surface area (Å²) in [7, 11) is 0. The maximum Gasteiger partial charge on any atom is 0.146 e. The first kappa shape index (κ1) is 13.0. The number of halogens is 2. The largest absolute Gasteiger partial charge is 0.389 e. The number of hydrogen-bond donors (Lipinski definition) is 2. The van der Waals surface area contributed by atoms with E-state index >= 15 is 0 Å². The molecule has 2 nitrogen and oxygen atoms in total. The zero-order chi connectivity index (χ0) is 13.1. The number of nitrogens with two attached hydrogens (primary N) is 1. The van der Waals surface area contributed by atoms with Gasteiger partial charge in [0.05, 0.1) is 5.69 Å². The van der Waals surface area contributed by atoms with Gasteiger partial charge in [0.25, 0.3) is 0 Å². The van der Waals surface area contributed by atoms with Gasteiger partial charge in [-0.25, -0.2) is 4.39 Å². The van der Waals surface area contributed by atoms with Gasteiger partial charge in [-0.2, -0.15) is 0 Å². The highest BCUT2D eigenvalue weighted by atomic mass is 79.9. The van der Waals surface area contributed by atoms with Crippen molar-refractivity contribution in [1.82, 2.24) is 0 Å². The Balaban J connectivity index is 2.40. The molecule has 3 N–H and O–H groups in total. The lowest BCUT2D eigenvalue weighted by Crippen LogP contribution is -2.11. The molecule has 0 atom stereocenters. The summed E-state index contributed by atoms with van der Waals surface area (Å²) in [5.74, 6) is -0.337. The average molecular weight is 325 g/mol. The number of rotatable bonds is 3. The smallest absolute Gasteiger partial charge is 0.146 e. The second kappa shape index (κ2) is 5.46. The first-order valence-corrected chi connectivity index (χ1v) is 6.39. The average Bonchev–Trinajstić information content (AvgIpc) is 2.34. The van der Waals surface area contributed by atoms with E-state index in [0.29, 0.717) is 16.9 Å². The van der Waals surface area contributed by atoms with Crippen molar-refractivity contribution in [2.75, 3.05) is 5.32 Å². The molecule has 0 radical (unpaired) electrons. The highest BCUT2D eigenvalue weighted by molar-refractivity contribution is 9.10. The lowest BCUT2D eigenvalue weighted by molar-refractivity contribution is 0.631. The van der Waals surface area contributed by atoms with E-state index in [1.807, 2.05) is 12.1 Å². The first-order chi connectivity index (χ1) is 8.58. The van der Waals surface area contributed by atoms with Crippen LogP contribution in [0.25, 0.3) is 0 Å². The lowest BCUT2D eigenvalue weighted by Gasteiger charge is -2.12. The summed E-state index contributed by atoms with van der Waals surface area (Å²) in [5, 5.41) is 2.99. The minimum absolute atomic E-state index is 0.272. The highest BCUT2D eigenvalue weighted by Gasteiger charge is 2.07. The summed E-state index contributed by atoms with van der Waals surface area (Å²) in [6, 6.07) is 11.9. The molecule has 2 rings (SSSR count). The summed E-state index contributed by atoms with van der Waals surface area (Å²) >= 11 is 8.26. The van der Waals surface area contributed by atoms with Crippen LogP contribution in [0.3, 0.4) is 0 Å². The summed E-state index contributed by atoms with van der Waals surface area (Å²) in [6.07, 6.45) is 0. The van der Waals surface area contributed by atoms with Crippen LogP contribution in [0.2, 0.25) is 0 Å².